The number of hydrogen-bond donors (Lipinski definition) is 0. The second-order valence-corrected chi connectivity index (χ2v) is 4.18. The maximum Gasteiger partial charge on any atom is 0.360 e. The van der Waals surface area contributed by atoms with Gasteiger partial charge in [-0.3, -0.25) is 4.79 Å². The lowest BCUT2D eigenvalue weighted by Crippen LogP contribution is -2.31. The molecule has 1 heterocycles. The normalized spacial score (nSPS) is 10.4. The highest BCUT2D eigenvalue weighted by Crippen LogP contribution is 2.09. The van der Waals surface area contributed by atoms with Crippen molar-refractivity contribution in [3.63, 3.8) is 0 Å². The van der Waals surface area contributed by atoms with E-state index in [1.165, 1.54) is 11.8 Å². The minimum atomic E-state index is -0.571. The minimum Gasteiger partial charge on any atom is -0.464 e. The third-order valence-corrected chi connectivity index (χ3v) is 2.94. The first-order valence-corrected chi connectivity index (χ1v) is 6.28. The number of carbonyl (C=O) groups excluding carboxylic acids is 2. The first-order valence-electron chi connectivity index (χ1n) is 6.28. The molecule has 1 rings (SSSR count). The molecule has 0 atom stereocenters. The molecule has 0 N–H and O–H groups in total. The number of amides is 1. The molecule has 1 aromatic rings. The zero-order valence-electron chi connectivity index (χ0n) is 12.3. The van der Waals surface area contributed by atoms with Gasteiger partial charge in [0.25, 0.3) is 0 Å². The van der Waals surface area contributed by atoms with Gasteiger partial charge in [-0.2, -0.15) is 0 Å². The van der Waals surface area contributed by atoms with Gasteiger partial charge in [0.15, 0.2) is 5.69 Å². The molecule has 0 aliphatic heterocycles. The Labute approximate surface area is 117 Å². The quantitative estimate of drug-likeness (QED) is 0.641. The van der Waals surface area contributed by atoms with Crippen LogP contribution in [0, 0.1) is 0 Å². The summed E-state index contributed by atoms with van der Waals surface area (Å²) in [6.45, 7) is 2.91. The number of ether oxygens (including phenoxy) is 2. The van der Waals surface area contributed by atoms with Crippen molar-refractivity contribution in [2.45, 2.75) is 19.9 Å². The highest BCUT2D eigenvalue weighted by molar-refractivity contribution is 5.88. The molecule has 0 spiro atoms. The van der Waals surface area contributed by atoms with E-state index in [1.807, 2.05) is 6.92 Å². The highest BCUT2D eigenvalue weighted by Gasteiger charge is 2.21. The van der Waals surface area contributed by atoms with Gasteiger partial charge in [-0.1, -0.05) is 5.21 Å². The highest BCUT2D eigenvalue weighted by atomic mass is 16.5. The summed E-state index contributed by atoms with van der Waals surface area (Å²) < 4.78 is 11.1. The summed E-state index contributed by atoms with van der Waals surface area (Å²) in [5, 5.41) is 7.65. The Morgan fingerprint density at radius 2 is 2.05 bits per heavy atom. The van der Waals surface area contributed by atoms with E-state index in [4.69, 9.17) is 4.74 Å². The maximum absolute atomic E-state index is 11.9. The van der Waals surface area contributed by atoms with Gasteiger partial charge in [-0.25, -0.2) is 9.48 Å². The Bertz CT molecular complexity index is 472. The largest absolute Gasteiger partial charge is 0.464 e. The van der Waals surface area contributed by atoms with Gasteiger partial charge in [-0.15, -0.1) is 5.10 Å². The van der Waals surface area contributed by atoms with Crippen LogP contribution in [0.2, 0.25) is 0 Å². The zero-order valence-corrected chi connectivity index (χ0v) is 12.3. The summed E-state index contributed by atoms with van der Waals surface area (Å²) in [5.74, 6) is -0.675. The van der Waals surface area contributed by atoms with E-state index >= 15 is 0 Å². The first kappa shape index (κ1) is 16.1. The van der Waals surface area contributed by atoms with Crippen LogP contribution in [0.15, 0.2) is 0 Å². The Kier molecular flexibility index (Phi) is 6.10. The third-order valence-electron chi connectivity index (χ3n) is 2.94. The van der Waals surface area contributed by atoms with E-state index in [-0.39, 0.29) is 18.1 Å². The summed E-state index contributed by atoms with van der Waals surface area (Å²) in [6.07, 6.45) is 0.428. The fourth-order valence-electron chi connectivity index (χ4n) is 1.59. The number of aromatic nitrogens is 3. The average Bonchev–Trinajstić information content (AvgIpc) is 2.85. The van der Waals surface area contributed by atoms with Crippen molar-refractivity contribution in [3.05, 3.63) is 11.4 Å². The third kappa shape index (κ3) is 3.77. The lowest BCUT2D eigenvalue weighted by atomic mass is 10.2. The van der Waals surface area contributed by atoms with Crippen LogP contribution in [-0.4, -0.2) is 66.2 Å². The van der Waals surface area contributed by atoms with Crippen LogP contribution >= 0.6 is 0 Å². The van der Waals surface area contributed by atoms with Crippen LogP contribution < -0.4 is 0 Å². The monoisotopic (exact) mass is 284 g/mol. The second kappa shape index (κ2) is 7.59. The van der Waals surface area contributed by atoms with Crippen molar-refractivity contribution in [2.24, 2.45) is 0 Å². The molecule has 8 nitrogen and oxygen atoms in total. The van der Waals surface area contributed by atoms with Gasteiger partial charge in [0.05, 0.1) is 19.4 Å². The smallest absolute Gasteiger partial charge is 0.360 e. The topological polar surface area (TPSA) is 86.6 Å². The SMILES string of the molecule is CCN(C)C(=O)Cn1nnc(C(=O)OC)c1CCOC. The molecule has 20 heavy (non-hydrogen) atoms. The standard InChI is InChI=1S/C12H20N4O4/c1-5-15(2)10(17)8-16-9(6-7-19-3)11(13-14-16)12(18)20-4/h5-8H2,1-4H3. The zero-order chi connectivity index (χ0) is 15.1. The van der Waals surface area contributed by atoms with E-state index in [0.717, 1.165) is 0 Å². The van der Waals surface area contributed by atoms with Crippen molar-refractivity contribution < 1.29 is 19.1 Å². The molecule has 0 aliphatic carbocycles. The summed E-state index contributed by atoms with van der Waals surface area (Å²) in [4.78, 5) is 25.1. The van der Waals surface area contributed by atoms with Crippen molar-refractivity contribution in [2.75, 3.05) is 34.4 Å². The van der Waals surface area contributed by atoms with E-state index in [9.17, 15) is 9.59 Å². The number of esters is 1. The Balaban J connectivity index is 2.97. The van der Waals surface area contributed by atoms with Gasteiger partial charge in [0.1, 0.15) is 6.54 Å². The number of carbonyl (C=O) groups is 2. The molecule has 0 radical (unpaired) electrons. The van der Waals surface area contributed by atoms with Crippen LogP contribution in [0.4, 0.5) is 0 Å². The van der Waals surface area contributed by atoms with Crippen LogP contribution in [-0.2, 0) is 27.2 Å². The van der Waals surface area contributed by atoms with E-state index in [1.54, 1.807) is 19.1 Å². The predicted molar refractivity (Wildman–Crippen MR) is 70.3 cm³/mol. The minimum absolute atomic E-state index is 0.0351. The molecule has 112 valence electrons. The first-order chi connectivity index (χ1) is 9.54. The molecule has 0 aromatic carbocycles. The molecule has 0 fully saturated rings. The van der Waals surface area contributed by atoms with Crippen LogP contribution in [0.5, 0.6) is 0 Å². The van der Waals surface area contributed by atoms with Gasteiger partial charge in [0, 0.05) is 27.1 Å². The Morgan fingerprint density at radius 3 is 2.60 bits per heavy atom. The lowest BCUT2D eigenvalue weighted by molar-refractivity contribution is -0.130. The summed E-state index contributed by atoms with van der Waals surface area (Å²) in [6, 6.07) is 0. The van der Waals surface area contributed by atoms with Gasteiger partial charge in [-0.05, 0) is 6.92 Å². The molecule has 0 unspecified atom stereocenters. The van der Waals surface area contributed by atoms with E-state index < -0.39 is 5.97 Å². The molecular formula is C12H20N4O4. The maximum atomic E-state index is 11.9. The molecule has 8 heteroatoms. The molecule has 1 aromatic heterocycles. The molecule has 0 bridgehead atoms. The molecule has 1 amide bonds. The summed E-state index contributed by atoms with van der Waals surface area (Å²) >= 11 is 0. The second-order valence-electron chi connectivity index (χ2n) is 4.18. The van der Waals surface area contributed by atoms with Crippen LogP contribution in [0.1, 0.15) is 23.1 Å². The fourth-order valence-corrected chi connectivity index (χ4v) is 1.59. The lowest BCUT2D eigenvalue weighted by Gasteiger charge is -2.15. The molecule has 0 aliphatic rings. The number of likely N-dealkylation sites (N-methyl/N-ethyl adjacent to an activating group) is 1. The van der Waals surface area contributed by atoms with Crippen molar-refractivity contribution in [3.8, 4) is 0 Å². The Hall–Kier alpha value is -1.96. The Morgan fingerprint density at radius 1 is 1.35 bits per heavy atom. The number of methoxy groups -OCH3 is 2. The predicted octanol–water partition coefficient (Wildman–Crippen LogP) is -0.268. The average molecular weight is 284 g/mol. The summed E-state index contributed by atoms with van der Waals surface area (Å²) in [7, 11) is 4.54. The van der Waals surface area contributed by atoms with Gasteiger partial charge >= 0.3 is 5.97 Å². The van der Waals surface area contributed by atoms with Crippen LogP contribution in [0.3, 0.4) is 0 Å². The van der Waals surface area contributed by atoms with Crippen molar-refractivity contribution in [1.29, 1.82) is 0 Å². The van der Waals surface area contributed by atoms with Crippen molar-refractivity contribution in [1.82, 2.24) is 19.9 Å². The fraction of sp³-hybridized carbons (Fsp3) is 0.667. The molecular weight excluding hydrogens is 264 g/mol. The number of hydrogen-bond acceptors (Lipinski definition) is 6. The van der Waals surface area contributed by atoms with E-state index in [2.05, 4.69) is 15.0 Å². The van der Waals surface area contributed by atoms with Gasteiger partial charge < -0.3 is 14.4 Å². The van der Waals surface area contributed by atoms with Crippen molar-refractivity contribution >= 4 is 11.9 Å². The van der Waals surface area contributed by atoms with Gasteiger partial charge in [0.2, 0.25) is 5.91 Å². The molecule has 0 saturated carbocycles. The van der Waals surface area contributed by atoms with Crippen LogP contribution in [0.25, 0.3) is 0 Å². The summed E-state index contributed by atoms with van der Waals surface area (Å²) in [5.41, 5.74) is 0.660. The van der Waals surface area contributed by atoms with E-state index in [0.29, 0.717) is 25.3 Å². The number of nitrogens with zero attached hydrogens (tertiary/aromatic N) is 4. The molecule has 0 saturated heterocycles. The number of rotatable bonds is 7.